The van der Waals surface area contributed by atoms with E-state index in [1.54, 1.807) is 6.07 Å². The minimum atomic E-state index is -4.32. The summed E-state index contributed by atoms with van der Waals surface area (Å²) in [7, 11) is 0. The molecule has 3 nitrogen and oxygen atoms in total. The number of nitrogens with zero attached hydrogens (tertiary/aromatic N) is 3. The molecule has 4 heterocycles. The Balaban J connectivity index is 1.64. The molecule has 3 saturated heterocycles. The Morgan fingerprint density at radius 1 is 1.05 bits per heavy atom. The van der Waals surface area contributed by atoms with Gasteiger partial charge < -0.3 is 4.90 Å². The Labute approximate surface area is 128 Å². The number of halogens is 3. The van der Waals surface area contributed by atoms with Crippen LogP contribution in [-0.4, -0.2) is 40.6 Å². The van der Waals surface area contributed by atoms with Crippen molar-refractivity contribution < 1.29 is 13.2 Å². The van der Waals surface area contributed by atoms with Crippen LogP contribution in [0.15, 0.2) is 18.3 Å². The van der Waals surface area contributed by atoms with Gasteiger partial charge in [0.1, 0.15) is 5.82 Å². The molecule has 0 aliphatic carbocycles. The number of likely N-dealkylation sites (N-methyl/N-ethyl adjacent to an activating group) is 1. The fraction of sp³-hybridized carbons (Fsp3) is 0.688. The van der Waals surface area contributed by atoms with E-state index in [0.717, 1.165) is 31.6 Å². The number of piperazine rings is 1. The minimum absolute atomic E-state index is 0.410. The van der Waals surface area contributed by atoms with Gasteiger partial charge in [-0.1, -0.05) is 6.92 Å². The van der Waals surface area contributed by atoms with Gasteiger partial charge in [0.25, 0.3) is 0 Å². The van der Waals surface area contributed by atoms with Crippen molar-refractivity contribution in [3.8, 4) is 0 Å². The maximum atomic E-state index is 12.7. The number of fused-ring (bicyclic) bond motifs is 6. The summed E-state index contributed by atoms with van der Waals surface area (Å²) in [6, 6.07) is 4.61. The van der Waals surface area contributed by atoms with Gasteiger partial charge in [-0.05, 0) is 44.4 Å². The second-order valence-corrected chi connectivity index (χ2v) is 6.56. The molecule has 22 heavy (non-hydrogen) atoms. The van der Waals surface area contributed by atoms with Crippen molar-refractivity contribution in [1.29, 1.82) is 0 Å². The first-order chi connectivity index (χ1) is 10.5. The van der Waals surface area contributed by atoms with Crippen LogP contribution in [0.5, 0.6) is 0 Å². The van der Waals surface area contributed by atoms with Gasteiger partial charge in [0.2, 0.25) is 0 Å². The molecule has 3 fully saturated rings. The van der Waals surface area contributed by atoms with Gasteiger partial charge in [-0.2, -0.15) is 13.2 Å². The van der Waals surface area contributed by atoms with E-state index in [4.69, 9.17) is 0 Å². The molecular formula is C16H20F3N3. The predicted octanol–water partition coefficient (Wildman–Crippen LogP) is 3.30. The van der Waals surface area contributed by atoms with Gasteiger partial charge in [-0.15, -0.1) is 0 Å². The van der Waals surface area contributed by atoms with E-state index in [-0.39, 0.29) is 0 Å². The monoisotopic (exact) mass is 311 g/mol. The lowest BCUT2D eigenvalue weighted by Crippen LogP contribution is -2.60. The molecule has 1 aromatic rings. The van der Waals surface area contributed by atoms with Crippen LogP contribution in [0.1, 0.15) is 38.2 Å². The van der Waals surface area contributed by atoms with Crippen LogP contribution < -0.4 is 4.90 Å². The number of alkyl halides is 3. The van der Waals surface area contributed by atoms with Gasteiger partial charge in [0, 0.05) is 30.4 Å². The van der Waals surface area contributed by atoms with Crippen LogP contribution in [-0.2, 0) is 6.18 Å². The number of hydrogen-bond acceptors (Lipinski definition) is 3. The third kappa shape index (κ3) is 1.96. The van der Waals surface area contributed by atoms with Crippen molar-refractivity contribution in [1.82, 2.24) is 9.88 Å². The molecule has 3 aliphatic heterocycles. The number of pyridine rings is 1. The standard InChI is InChI=1S/C16H20F3N3/c1-2-21-11-4-5-12(21)14-7-6-13(11)22(14)15-8-3-10(9-20-15)16(17,18)19/h3,8-9,11-14H,2,4-7H2,1H3. The average molecular weight is 311 g/mol. The highest BCUT2D eigenvalue weighted by Crippen LogP contribution is 2.47. The lowest BCUT2D eigenvalue weighted by molar-refractivity contribution is -0.137. The molecule has 0 amide bonds. The van der Waals surface area contributed by atoms with E-state index in [1.807, 2.05) is 0 Å². The first kappa shape index (κ1) is 14.3. The summed E-state index contributed by atoms with van der Waals surface area (Å²) in [5.74, 6) is 0.716. The lowest BCUT2D eigenvalue weighted by atomic mass is 10.0. The minimum Gasteiger partial charge on any atom is -0.348 e. The molecule has 3 aliphatic rings. The van der Waals surface area contributed by atoms with Gasteiger partial charge in [0.05, 0.1) is 5.56 Å². The van der Waals surface area contributed by atoms with Crippen LogP contribution in [0.3, 0.4) is 0 Å². The van der Waals surface area contributed by atoms with E-state index in [0.29, 0.717) is 30.0 Å². The Morgan fingerprint density at radius 2 is 1.64 bits per heavy atom. The summed E-state index contributed by atoms with van der Waals surface area (Å²) < 4.78 is 38.1. The Morgan fingerprint density at radius 3 is 2.09 bits per heavy atom. The highest BCUT2D eigenvalue weighted by molar-refractivity contribution is 5.47. The molecule has 4 unspecified atom stereocenters. The topological polar surface area (TPSA) is 19.4 Å². The molecule has 120 valence electrons. The van der Waals surface area contributed by atoms with Crippen molar-refractivity contribution in [3.05, 3.63) is 23.9 Å². The number of aromatic nitrogens is 1. The summed E-state index contributed by atoms with van der Waals surface area (Å²) >= 11 is 0. The van der Waals surface area contributed by atoms with Crippen LogP contribution >= 0.6 is 0 Å². The van der Waals surface area contributed by atoms with Crippen molar-refractivity contribution in [2.75, 3.05) is 11.4 Å². The molecule has 0 saturated carbocycles. The highest BCUT2D eigenvalue weighted by atomic mass is 19.4. The SMILES string of the molecule is CCN1C2CCC1C1CCC2N1c1ccc(C(F)(F)F)cn1. The molecule has 4 bridgehead atoms. The first-order valence-corrected chi connectivity index (χ1v) is 8.08. The van der Waals surface area contributed by atoms with Gasteiger partial charge >= 0.3 is 6.18 Å². The predicted molar refractivity (Wildman–Crippen MR) is 77.7 cm³/mol. The summed E-state index contributed by atoms with van der Waals surface area (Å²) in [6.07, 6.45) is 1.33. The van der Waals surface area contributed by atoms with Crippen molar-refractivity contribution in [2.24, 2.45) is 0 Å². The second kappa shape index (κ2) is 4.85. The van der Waals surface area contributed by atoms with Crippen LogP contribution in [0.25, 0.3) is 0 Å². The first-order valence-electron chi connectivity index (χ1n) is 8.08. The number of anilines is 1. The van der Waals surface area contributed by atoms with Gasteiger partial charge in [-0.3, -0.25) is 4.90 Å². The van der Waals surface area contributed by atoms with E-state index >= 15 is 0 Å². The number of rotatable bonds is 2. The zero-order valence-corrected chi connectivity index (χ0v) is 12.6. The van der Waals surface area contributed by atoms with E-state index in [1.165, 1.54) is 12.8 Å². The lowest BCUT2D eigenvalue weighted by Gasteiger charge is -2.47. The summed E-state index contributed by atoms with van der Waals surface area (Å²) in [5.41, 5.74) is -0.668. The quantitative estimate of drug-likeness (QED) is 0.835. The Hall–Kier alpha value is -1.30. The van der Waals surface area contributed by atoms with Crippen molar-refractivity contribution in [2.45, 2.75) is 63.0 Å². The molecule has 0 radical (unpaired) electrons. The zero-order chi connectivity index (χ0) is 15.5. The Bertz CT molecular complexity index is 537. The fourth-order valence-corrected chi connectivity index (χ4v) is 4.88. The highest BCUT2D eigenvalue weighted by Gasteiger charge is 2.54. The second-order valence-electron chi connectivity index (χ2n) is 6.56. The summed E-state index contributed by atoms with van der Waals surface area (Å²) in [4.78, 5) is 9.06. The molecular weight excluding hydrogens is 291 g/mol. The zero-order valence-electron chi connectivity index (χ0n) is 12.6. The van der Waals surface area contributed by atoms with Gasteiger partial charge in [0.15, 0.2) is 0 Å². The number of hydrogen-bond donors (Lipinski definition) is 0. The van der Waals surface area contributed by atoms with E-state index in [2.05, 4.69) is 21.7 Å². The van der Waals surface area contributed by atoms with Crippen molar-refractivity contribution in [3.63, 3.8) is 0 Å². The van der Waals surface area contributed by atoms with Crippen LogP contribution in [0, 0.1) is 0 Å². The molecule has 0 aromatic carbocycles. The largest absolute Gasteiger partial charge is 0.417 e. The Kier molecular flexibility index (Phi) is 3.15. The molecule has 1 aromatic heterocycles. The molecule has 4 atom stereocenters. The maximum Gasteiger partial charge on any atom is 0.417 e. The third-order valence-corrected chi connectivity index (χ3v) is 5.68. The average Bonchev–Trinajstić information content (AvgIpc) is 3.00. The fourth-order valence-electron chi connectivity index (χ4n) is 4.88. The normalized spacial score (nSPS) is 34.5. The molecule has 6 heteroatoms. The van der Waals surface area contributed by atoms with Crippen molar-refractivity contribution >= 4 is 5.82 Å². The van der Waals surface area contributed by atoms with Gasteiger partial charge in [-0.25, -0.2) is 4.98 Å². The third-order valence-electron chi connectivity index (χ3n) is 5.68. The summed E-state index contributed by atoms with van der Waals surface area (Å²) in [5, 5.41) is 0. The smallest absolute Gasteiger partial charge is 0.348 e. The van der Waals surface area contributed by atoms with E-state index < -0.39 is 11.7 Å². The molecule has 0 spiro atoms. The van der Waals surface area contributed by atoms with Crippen LogP contribution in [0.4, 0.5) is 19.0 Å². The van der Waals surface area contributed by atoms with Crippen LogP contribution in [0.2, 0.25) is 0 Å². The summed E-state index contributed by atoms with van der Waals surface area (Å²) in [6.45, 7) is 3.27. The maximum absolute atomic E-state index is 12.7. The van der Waals surface area contributed by atoms with E-state index in [9.17, 15) is 13.2 Å². The molecule has 4 rings (SSSR count). The molecule has 0 N–H and O–H groups in total.